The molecule has 0 radical (unpaired) electrons. The Morgan fingerprint density at radius 2 is 2.28 bits per heavy atom. The Morgan fingerprint density at radius 1 is 1.44 bits per heavy atom. The summed E-state index contributed by atoms with van der Waals surface area (Å²) in [5.41, 5.74) is 9.67. The van der Waals surface area contributed by atoms with Crippen molar-refractivity contribution in [2.75, 3.05) is 13.6 Å². The van der Waals surface area contributed by atoms with Crippen LogP contribution in [0, 0.1) is 6.92 Å². The number of nitrogens with one attached hydrogen (secondary N) is 1. The minimum absolute atomic E-state index is 0.315. The largest absolute Gasteiger partial charge is 0.346 e. The van der Waals surface area contributed by atoms with E-state index in [4.69, 9.17) is 5.73 Å². The van der Waals surface area contributed by atoms with Crippen LogP contribution in [0.1, 0.15) is 30.0 Å². The summed E-state index contributed by atoms with van der Waals surface area (Å²) < 4.78 is 0. The highest BCUT2D eigenvalue weighted by Crippen LogP contribution is 2.34. The number of rotatable bonds is 1. The van der Waals surface area contributed by atoms with E-state index in [9.17, 15) is 0 Å². The molecule has 2 aromatic rings. The summed E-state index contributed by atoms with van der Waals surface area (Å²) in [6.45, 7) is 3.12. The summed E-state index contributed by atoms with van der Waals surface area (Å²) in [5, 5.41) is 1.28. The zero-order chi connectivity index (χ0) is 12.7. The van der Waals surface area contributed by atoms with E-state index in [2.05, 4.69) is 41.1 Å². The van der Waals surface area contributed by atoms with Crippen molar-refractivity contribution in [1.82, 2.24) is 14.9 Å². The molecule has 1 aliphatic rings. The van der Waals surface area contributed by atoms with E-state index in [0.717, 1.165) is 25.0 Å². The van der Waals surface area contributed by atoms with Crippen molar-refractivity contribution < 1.29 is 0 Å². The molecule has 0 aromatic carbocycles. The molecule has 4 nitrogen and oxygen atoms in total. The smallest absolute Gasteiger partial charge is 0.137 e. The minimum atomic E-state index is 0.315. The molecule has 4 heteroatoms. The number of hydrogen-bond acceptors (Lipinski definition) is 3. The number of nitrogens with zero attached hydrogens (tertiary/aromatic N) is 2. The molecule has 0 spiro atoms. The first-order chi connectivity index (χ1) is 8.66. The average molecular weight is 244 g/mol. The quantitative estimate of drug-likeness (QED) is 0.806. The first kappa shape index (κ1) is 11.7. The second-order valence-corrected chi connectivity index (χ2v) is 5.39. The number of aromatic amines is 1. The third-order valence-corrected chi connectivity index (χ3v) is 4.04. The lowest BCUT2D eigenvalue weighted by atomic mass is 9.93. The molecule has 2 unspecified atom stereocenters. The Balaban J connectivity index is 2.04. The molecular formula is C14H20N4. The monoisotopic (exact) mass is 244 g/mol. The van der Waals surface area contributed by atoms with Crippen LogP contribution in [0.4, 0.5) is 0 Å². The Hall–Kier alpha value is -1.39. The number of likely N-dealkylation sites (N-methyl/N-ethyl adjacent to an activating group) is 1. The van der Waals surface area contributed by atoms with Crippen LogP contribution >= 0.6 is 0 Å². The van der Waals surface area contributed by atoms with Crippen LogP contribution in [0.3, 0.4) is 0 Å². The SMILES string of the molecule is Cc1ccnc2[nH]cc(C3CCC(N)CN3C)c12. The number of aromatic nitrogens is 2. The van der Waals surface area contributed by atoms with E-state index < -0.39 is 0 Å². The van der Waals surface area contributed by atoms with Crippen molar-refractivity contribution in [3.8, 4) is 0 Å². The molecule has 2 atom stereocenters. The highest BCUT2D eigenvalue weighted by atomic mass is 15.2. The van der Waals surface area contributed by atoms with E-state index in [0.29, 0.717) is 12.1 Å². The number of H-pyrrole nitrogens is 1. The van der Waals surface area contributed by atoms with Gasteiger partial charge in [0.25, 0.3) is 0 Å². The van der Waals surface area contributed by atoms with Gasteiger partial charge in [0.05, 0.1) is 0 Å². The molecular weight excluding hydrogens is 224 g/mol. The van der Waals surface area contributed by atoms with E-state index in [1.54, 1.807) is 0 Å². The second-order valence-electron chi connectivity index (χ2n) is 5.39. The van der Waals surface area contributed by atoms with E-state index in [-0.39, 0.29) is 0 Å². The lowest BCUT2D eigenvalue weighted by Crippen LogP contribution is -2.42. The van der Waals surface area contributed by atoms with E-state index in [1.807, 2.05) is 6.20 Å². The second kappa shape index (κ2) is 4.37. The van der Waals surface area contributed by atoms with Gasteiger partial charge in [-0.3, -0.25) is 4.90 Å². The van der Waals surface area contributed by atoms with Crippen LogP contribution in [0.25, 0.3) is 11.0 Å². The lowest BCUT2D eigenvalue weighted by molar-refractivity contribution is 0.171. The summed E-state index contributed by atoms with van der Waals surface area (Å²) in [6, 6.07) is 2.85. The number of nitrogens with two attached hydrogens (primary N) is 1. The molecule has 18 heavy (non-hydrogen) atoms. The van der Waals surface area contributed by atoms with Crippen molar-refractivity contribution in [1.29, 1.82) is 0 Å². The van der Waals surface area contributed by atoms with E-state index >= 15 is 0 Å². The fourth-order valence-corrected chi connectivity index (χ4v) is 3.09. The summed E-state index contributed by atoms with van der Waals surface area (Å²) in [4.78, 5) is 10.1. The van der Waals surface area contributed by atoms with Gasteiger partial charge in [0.15, 0.2) is 0 Å². The molecule has 3 N–H and O–H groups in total. The molecule has 1 aliphatic heterocycles. The van der Waals surface area contributed by atoms with Crippen molar-refractivity contribution in [2.24, 2.45) is 5.73 Å². The first-order valence-electron chi connectivity index (χ1n) is 6.55. The average Bonchev–Trinajstić information content (AvgIpc) is 2.74. The number of fused-ring (bicyclic) bond motifs is 1. The third-order valence-electron chi connectivity index (χ3n) is 4.04. The highest BCUT2D eigenvalue weighted by molar-refractivity contribution is 5.83. The minimum Gasteiger partial charge on any atom is -0.346 e. The normalized spacial score (nSPS) is 25.7. The predicted molar refractivity (Wildman–Crippen MR) is 73.4 cm³/mol. The standard InChI is InChI=1S/C14H20N4/c1-9-5-6-16-14-13(9)11(7-17-14)12-4-3-10(15)8-18(12)2/h5-7,10,12H,3-4,8,15H2,1-2H3,(H,16,17). The highest BCUT2D eigenvalue weighted by Gasteiger charge is 2.27. The van der Waals surface area contributed by atoms with Crippen molar-refractivity contribution in [3.63, 3.8) is 0 Å². The van der Waals surface area contributed by atoms with Gasteiger partial charge in [-0.05, 0) is 44.0 Å². The van der Waals surface area contributed by atoms with Crippen LogP contribution < -0.4 is 5.73 Å². The van der Waals surface area contributed by atoms with Crippen LogP contribution in [0.2, 0.25) is 0 Å². The Kier molecular flexibility index (Phi) is 2.84. The predicted octanol–water partition coefficient (Wildman–Crippen LogP) is 1.97. The first-order valence-corrected chi connectivity index (χ1v) is 6.55. The molecule has 1 saturated heterocycles. The van der Waals surface area contributed by atoms with Gasteiger partial charge in [-0.1, -0.05) is 0 Å². The summed E-state index contributed by atoms with van der Waals surface area (Å²) in [7, 11) is 2.16. The van der Waals surface area contributed by atoms with Gasteiger partial charge in [0, 0.05) is 36.4 Å². The van der Waals surface area contributed by atoms with Gasteiger partial charge in [-0.25, -0.2) is 4.98 Å². The summed E-state index contributed by atoms with van der Waals surface area (Å²) in [5.74, 6) is 0. The number of aryl methyl sites for hydroxylation is 1. The number of pyridine rings is 1. The fourth-order valence-electron chi connectivity index (χ4n) is 3.09. The topological polar surface area (TPSA) is 57.9 Å². The van der Waals surface area contributed by atoms with Crippen LogP contribution in [0.5, 0.6) is 0 Å². The van der Waals surface area contributed by atoms with Gasteiger partial charge < -0.3 is 10.7 Å². The molecule has 96 valence electrons. The van der Waals surface area contributed by atoms with Gasteiger partial charge in [0.2, 0.25) is 0 Å². The maximum Gasteiger partial charge on any atom is 0.137 e. The third kappa shape index (κ3) is 1.82. The van der Waals surface area contributed by atoms with Crippen LogP contribution in [-0.2, 0) is 0 Å². The Bertz CT molecular complexity index is 560. The van der Waals surface area contributed by atoms with Crippen molar-refractivity contribution >= 4 is 11.0 Å². The van der Waals surface area contributed by atoms with E-state index in [1.165, 1.54) is 16.5 Å². The van der Waals surface area contributed by atoms with Crippen molar-refractivity contribution in [3.05, 3.63) is 29.6 Å². The lowest BCUT2D eigenvalue weighted by Gasteiger charge is -2.35. The molecule has 0 aliphatic carbocycles. The van der Waals surface area contributed by atoms with Crippen LogP contribution in [-0.4, -0.2) is 34.5 Å². The fraction of sp³-hybridized carbons (Fsp3) is 0.500. The van der Waals surface area contributed by atoms with Gasteiger partial charge in [-0.2, -0.15) is 0 Å². The molecule has 0 saturated carbocycles. The Labute approximate surface area is 107 Å². The zero-order valence-electron chi connectivity index (χ0n) is 11.0. The maximum absolute atomic E-state index is 6.02. The molecule has 2 aromatic heterocycles. The molecule has 0 bridgehead atoms. The Morgan fingerprint density at radius 3 is 3.06 bits per heavy atom. The van der Waals surface area contributed by atoms with Gasteiger partial charge in [-0.15, -0.1) is 0 Å². The molecule has 3 heterocycles. The molecule has 1 fully saturated rings. The zero-order valence-corrected chi connectivity index (χ0v) is 11.0. The van der Waals surface area contributed by atoms with Gasteiger partial charge in [0.1, 0.15) is 5.65 Å². The van der Waals surface area contributed by atoms with Gasteiger partial charge >= 0.3 is 0 Å². The number of likely N-dealkylation sites (tertiary alicyclic amines) is 1. The maximum atomic E-state index is 6.02. The summed E-state index contributed by atoms with van der Waals surface area (Å²) in [6.07, 6.45) is 6.20. The van der Waals surface area contributed by atoms with Crippen LogP contribution in [0.15, 0.2) is 18.5 Å². The molecule has 3 rings (SSSR count). The molecule has 0 amide bonds. The van der Waals surface area contributed by atoms with Crippen molar-refractivity contribution in [2.45, 2.75) is 31.8 Å². The summed E-state index contributed by atoms with van der Waals surface area (Å²) >= 11 is 0. The number of piperidine rings is 1. The number of hydrogen-bond donors (Lipinski definition) is 2.